The van der Waals surface area contributed by atoms with Crippen molar-refractivity contribution in [2.24, 2.45) is 5.10 Å². The first kappa shape index (κ1) is 22.3. The first-order chi connectivity index (χ1) is 13.6. The zero-order valence-corrected chi connectivity index (χ0v) is 15.7. The van der Waals surface area contributed by atoms with Crippen molar-refractivity contribution >= 4 is 29.2 Å². The minimum Gasteiger partial charge on any atom is -0.451 e. The number of hydrogen-bond acceptors (Lipinski definition) is 5. The van der Waals surface area contributed by atoms with Crippen LogP contribution in [0, 0.1) is 23.3 Å². The fourth-order valence-electron chi connectivity index (χ4n) is 2.66. The lowest BCUT2D eigenvalue weighted by Gasteiger charge is -2.23. The molecule has 1 N–H and O–H groups in total. The summed E-state index contributed by atoms with van der Waals surface area (Å²) < 4.78 is 59.5. The van der Waals surface area contributed by atoms with E-state index in [2.05, 4.69) is 10.4 Å². The molecule has 0 saturated heterocycles. The van der Waals surface area contributed by atoms with Gasteiger partial charge in [-0.3, -0.25) is 9.59 Å². The molecule has 1 heterocycles. The second-order valence-corrected chi connectivity index (χ2v) is 6.40. The van der Waals surface area contributed by atoms with Gasteiger partial charge in [0.15, 0.2) is 29.9 Å². The summed E-state index contributed by atoms with van der Waals surface area (Å²) in [5.41, 5.74) is -1.80. The van der Waals surface area contributed by atoms with E-state index in [9.17, 15) is 31.9 Å². The maximum atomic E-state index is 14.0. The van der Waals surface area contributed by atoms with E-state index in [4.69, 9.17) is 4.74 Å². The Labute approximate surface area is 163 Å². The number of carbonyl (C=O) groups is 3. The van der Waals surface area contributed by atoms with Gasteiger partial charge in [-0.2, -0.15) is 10.1 Å². The highest BCUT2D eigenvalue weighted by molar-refractivity contribution is 6.38. The first-order valence-electron chi connectivity index (χ1n) is 8.85. The molecule has 11 heteroatoms. The molecule has 1 aliphatic rings. The first-order valence-corrected chi connectivity index (χ1v) is 8.85. The molecule has 0 spiro atoms. The largest absolute Gasteiger partial charge is 0.451 e. The topological polar surface area (TPSA) is 88.1 Å². The Morgan fingerprint density at radius 2 is 1.83 bits per heavy atom. The van der Waals surface area contributed by atoms with E-state index in [0.29, 0.717) is 0 Å². The summed E-state index contributed by atoms with van der Waals surface area (Å²) in [6.45, 7) is 3.09. The molecule has 0 bridgehead atoms. The number of halogens is 4. The van der Waals surface area contributed by atoms with Gasteiger partial charge in [-0.1, -0.05) is 13.3 Å². The Bertz CT molecular complexity index is 834. The Morgan fingerprint density at radius 3 is 2.41 bits per heavy atom. The standard InChI is InChI=1S/C18H19F4N3O4/c1-3-4-9(2)23-13(26)8-29-18(28)12-5-6-14(27)25(24-12)17-15(21)10(19)7-11(20)16(17)22/h7,9H,3-6,8H2,1-2H3,(H,23,26)/t9-/m0/s1. The molecule has 0 aromatic heterocycles. The maximum Gasteiger partial charge on any atom is 0.355 e. The predicted molar refractivity (Wildman–Crippen MR) is 93.9 cm³/mol. The Hall–Kier alpha value is -2.98. The van der Waals surface area contributed by atoms with E-state index >= 15 is 0 Å². The van der Waals surface area contributed by atoms with Gasteiger partial charge in [0.25, 0.3) is 5.91 Å². The average Bonchev–Trinajstić information content (AvgIpc) is 2.66. The van der Waals surface area contributed by atoms with Gasteiger partial charge in [0.2, 0.25) is 5.91 Å². The van der Waals surface area contributed by atoms with Gasteiger partial charge in [0.1, 0.15) is 11.4 Å². The predicted octanol–water partition coefficient (Wildman–Crippen LogP) is 2.57. The number of ether oxygens (including phenoxy) is 1. The number of hydrazone groups is 1. The summed E-state index contributed by atoms with van der Waals surface area (Å²) in [5.74, 6) is -9.76. The van der Waals surface area contributed by atoms with Crippen LogP contribution >= 0.6 is 0 Å². The molecule has 7 nitrogen and oxygen atoms in total. The van der Waals surface area contributed by atoms with E-state index in [1.165, 1.54) is 0 Å². The van der Waals surface area contributed by atoms with Crippen LogP contribution in [-0.2, 0) is 19.1 Å². The summed E-state index contributed by atoms with van der Waals surface area (Å²) in [6.07, 6.45) is 0.925. The third kappa shape index (κ3) is 5.30. The van der Waals surface area contributed by atoms with Crippen LogP contribution in [0.1, 0.15) is 39.5 Å². The van der Waals surface area contributed by atoms with Crippen LogP contribution in [-0.4, -0.2) is 36.1 Å². The number of nitrogens with zero attached hydrogens (tertiary/aromatic N) is 2. The minimum atomic E-state index is -1.83. The summed E-state index contributed by atoms with van der Waals surface area (Å²) >= 11 is 0. The lowest BCUT2D eigenvalue weighted by Crippen LogP contribution is -2.38. The Kier molecular flexibility index (Phi) is 7.29. The van der Waals surface area contributed by atoms with Crippen molar-refractivity contribution in [2.45, 2.75) is 45.6 Å². The number of amides is 2. The normalized spacial score (nSPS) is 15.0. The van der Waals surface area contributed by atoms with Crippen LogP contribution < -0.4 is 10.3 Å². The van der Waals surface area contributed by atoms with E-state index < -0.39 is 65.5 Å². The SMILES string of the molecule is CCC[C@H](C)NC(=O)COC(=O)C1=NN(c2c(F)c(F)cc(F)c2F)C(=O)CC1. The molecular formula is C18H19F4N3O4. The number of benzene rings is 1. The molecule has 0 unspecified atom stereocenters. The highest BCUT2D eigenvalue weighted by Crippen LogP contribution is 2.30. The van der Waals surface area contributed by atoms with Gasteiger partial charge in [0.05, 0.1) is 0 Å². The third-order valence-electron chi connectivity index (χ3n) is 4.03. The summed E-state index contributed by atoms with van der Waals surface area (Å²) in [4.78, 5) is 35.8. The molecule has 2 rings (SSSR count). The van der Waals surface area contributed by atoms with Crippen molar-refractivity contribution in [3.8, 4) is 0 Å². The van der Waals surface area contributed by atoms with Crippen LogP contribution in [0.4, 0.5) is 23.2 Å². The van der Waals surface area contributed by atoms with Gasteiger partial charge in [-0.05, 0) is 13.3 Å². The van der Waals surface area contributed by atoms with Crippen molar-refractivity contribution < 1.29 is 36.7 Å². The van der Waals surface area contributed by atoms with Crippen molar-refractivity contribution in [1.29, 1.82) is 0 Å². The molecule has 0 fully saturated rings. The van der Waals surface area contributed by atoms with Crippen molar-refractivity contribution in [3.63, 3.8) is 0 Å². The molecule has 1 atom stereocenters. The zero-order valence-electron chi connectivity index (χ0n) is 15.7. The van der Waals surface area contributed by atoms with Crippen LogP contribution in [0.25, 0.3) is 0 Å². The van der Waals surface area contributed by atoms with Gasteiger partial charge < -0.3 is 10.1 Å². The average molecular weight is 417 g/mol. The molecule has 29 heavy (non-hydrogen) atoms. The van der Waals surface area contributed by atoms with E-state index in [1.54, 1.807) is 6.92 Å². The van der Waals surface area contributed by atoms with E-state index in [0.717, 1.165) is 12.8 Å². The fraction of sp³-hybridized carbons (Fsp3) is 0.444. The number of hydrogen-bond donors (Lipinski definition) is 1. The lowest BCUT2D eigenvalue weighted by atomic mass is 10.1. The quantitative estimate of drug-likeness (QED) is 0.420. The monoisotopic (exact) mass is 417 g/mol. The van der Waals surface area contributed by atoms with Crippen molar-refractivity contribution in [2.75, 3.05) is 11.6 Å². The zero-order chi connectivity index (χ0) is 21.7. The molecule has 0 saturated carbocycles. The minimum absolute atomic E-state index is 0.0143. The molecule has 1 aromatic carbocycles. The van der Waals surface area contributed by atoms with Gasteiger partial charge in [-0.15, -0.1) is 0 Å². The number of anilines is 1. The van der Waals surface area contributed by atoms with E-state index in [-0.39, 0.29) is 23.5 Å². The number of nitrogens with one attached hydrogen (secondary N) is 1. The molecular weight excluding hydrogens is 398 g/mol. The fourth-order valence-corrected chi connectivity index (χ4v) is 2.66. The molecule has 1 aliphatic heterocycles. The molecule has 2 amide bonds. The highest BCUT2D eigenvalue weighted by Gasteiger charge is 2.33. The van der Waals surface area contributed by atoms with Gasteiger partial charge in [-0.25, -0.2) is 22.4 Å². The molecule has 158 valence electrons. The number of carbonyl (C=O) groups excluding carboxylic acids is 3. The second-order valence-electron chi connectivity index (χ2n) is 6.40. The third-order valence-corrected chi connectivity index (χ3v) is 4.03. The number of esters is 1. The maximum absolute atomic E-state index is 14.0. The summed E-state index contributed by atoms with van der Waals surface area (Å²) in [5, 5.41) is 6.17. The van der Waals surface area contributed by atoms with E-state index in [1.807, 2.05) is 6.92 Å². The Balaban J connectivity index is 2.16. The van der Waals surface area contributed by atoms with Crippen LogP contribution in [0.2, 0.25) is 0 Å². The lowest BCUT2D eigenvalue weighted by molar-refractivity contribution is -0.142. The molecule has 0 aliphatic carbocycles. The Morgan fingerprint density at radius 1 is 1.21 bits per heavy atom. The summed E-state index contributed by atoms with van der Waals surface area (Å²) in [7, 11) is 0. The molecule has 1 aromatic rings. The van der Waals surface area contributed by atoms with Gasteiger partial charge >= 0.3 is 5.97 Å². The molecule has 0 radical (unpaired) electrons. The highest BCUT2D eigenvalue weighted by atomic mass is 19.2. The van der Waals surface area contributed by atoms with Gasteiger partial charge in [0, 0.05) is 24.9 Å². The van der Waals surface area contributed by atoms with Crippen LogP contribution in [0.3, 0.4) is 0 Å². The number of rotatable bonds is 7. The van der Waals surface area contributed by atoms with Crippen LogP contribution in [0.15, 0.2) is 11.2 Å². The van der Waals surface area contributed by atoms with Crippen molar-refractivity contribution in [3.05, 3.63) is 29.3 Å². The summed E-state index contributed by atoms with van der Waals surface area (Å²) in [6, 6.07) is -0.139. The second kappa shape index (κ2) is 9.48. The van der Waals surface area contributed by atoms with Crippen molar-refractivity contribution in [1.82, 2.24) is 5.32 Å². The van der Waals surface area contributed by atoms with Crippen LogP contribution in [0.5, 0.6) is 0 Å². The smallest absolute Gasteiger partial charge is 0.355 e.